The number of hydrogen-bond acceptors (Lipinski definition) is 4. The molecule has 2 aromatic rings. The monoisotopic (exact) mass is 373 g/mol. The van der Waals surface area contributed by atoms with E-state index in [0.29, 0.717) is 6.61 Å². The molecule has 1 aliphatic rings. The summed E-state index contributed by atoms with van der Waals surface area (Å²) in [6.07, 6.45) is 3.94. The zero-order chi connectivity index (χ0) is 18.5. The summed E-state index contributed by atoms with van der Waals surface area (Å²) in [7, 11) is 5.90. The van der Waals surface area contributed by atoms with Crippen LogP contribution in [-0.4, -0.2) is 65.4 Å². The lowest BCUT2D eigenvalue weighted by Crippen LogP contribution is -2.36. The summed E-state index contributed by atoms with van der Waals surface area (Å²) >= 11 is 5.69. The van der Waals surface area contributed by atoms with Crippen molar-refractivity contribution in [3.8, 4) is 0 Å². The summed E-state index contributed by atoms with van der Waals surface area (Å²) < 4.78 is 7.53. The van der Waals surface area contributed by atoms with E-state index in [4.69, 9.17) is 17.0 Å². The maximum Gasteiger partial charge on any atom is 0.170 e. The number of ether oxygens (including phenoxy) is 1. The highest BCUT2D eigenvalue weighted by Crippen LogP contribution is 2.38. The van der Waals surface area contributed by atoms with Gasteiger partial charge < -0.3 is 24.4 Å². The van der Waals surface area contributed by atoms with Crippen molar-refractivity contribution in [2.45, 2.75) is 18.6 Å². The minimum atomic E-state index is 0.0297. The highest BCUT2D eigenvalue weighted by atomic mass is 32.1. The summed E-state index contributed by atoms with van der Waals surface area (Å²) in [4.78, 5) is 9.05. The third-order valence-electron chi connectivity index (χ3n) is 4.69. The van der Waals surface area contributed by atoms with Crippen LogP contribution < -0.4 is 5.32 Å². The van der Waals surface area contributed by atoms with E-state index in [-0.39, 0.29) is 12.1 Å². The summed E-state index contributed by atoms with van der Waals surface area (Å²) in [5, 5.41) is 4.28. The van der Waals surface area contributed by atoms with Crippen LogP contribution in [0.15, 0.2) is 42.7 Å². The molecule has 3 heterocycles. The Hall–Kier alpha value is -1.96. The first-order valence-electron chi connectivity index (χ1n) is 8.88. The predicted molar refractivity (Wildman–Crippen MR) is 107 cm³/mol. The topological polar surface area (TPSA) is 45.6 Å². The number of nitrogens with one attached hydrogen (secondary N) is 1. The van der Waals surface area contributed by atoms with Crippen molar-refractivity contribution in [2.24, 2.45) is 0 Å². The van der Waals surface area contributed by atoms with Gasteiger partial charge in [0, 0.05) is 44.8 Å². The molecule has 0 spiro atoms. The van der Waals surface area contributed by atoms with Gasteiger partial charge in [-0.2, -0.15) is 0 Å². The molecule has 7 heteroatoms. The lowest BCUT2D eigenvalue weighted by molar-refractivity contribution is 0.183. The second kappa shape index (κ2) is 8.62. The Bertz CT molecular complexity index is 718. The van der Waals surface area contributed by atoms with Gasteiger partial charge in [-0.15, -0.1) is 0 Å². The van der Waals surface area contributed by atoms with Gasteiger partial charge in [0.15, 0.2) is 5.11 Å². The van der Waals surface area contributed by atoms with E-state index in [9.17, 15) is 0 Å². The lowest BCUT2D eigenvalue weighted by atomic mass is 10.0. The van der Waals surface area contributed by atoms with Crippen LogP contribution in [0, 0.1) is 0 Å². The maximum absolute atomic E-state index is 5.69. The van der Waals surface area contributed by atoms with Crippen molar-refractivity contribution in [3.05, 3.63) is 54.1 Å². The van der Waals surface area contributed by atoms with E-state index in [1.807, 2.05) is 18.3 Å². The summed E-state index contributed by atoms with van der Waals surface area (Å²) in [6, 6.07) is 10.4. The molecule has 0 unspecified atom stereocenters. The van der Waals surface area contributed by atoms with Crippen LogP contribution in [0.5, 0.6) is 0 Å². The van der Waals surface area contributed by atoms with Crippen LogP contribution in [0.4, 0.5) is 0 Å². The van der Waals surface area contributed by atoms with Crippen LogP contribution >= 0.6 is 12.2 Å². The smallest absolute Gasteiger partial charge is 0.170 e. The molecule has 26 heavy (non-hydrogen) atoms. The normalized spacial score (nSPS) is 20.0. The Labute approximate surface area is 160 Å². The first-order valence-corrected chi connectivity index (χ1v) is 9.29. The number of rotatable bonds is 8. The Kier molecular flexibility index (Phi) is 6.24. The van der Waals surface area contributed by atoms with Gasteiger partial charge in [0.2, 0.25) is 0 Å². The van der Waals surface area contributed by atoms with Crippen LogP contribution in [-0.2, 0) is 11.3 Å². The molecule has 140 valence electrons. The molecule has 2 aromatic heterocycles. The second-order valence-corrected chi connectivity index (χ2v) is 7.13. The molecule has 1 fully saturated rings. The fourth-order valence-electron chi connectivity index (χ4n) is 3.36. The van der Waals surface area contributed by atoms with Crippen molar-refractivity contribution in [1.29, 1.82) is 0 Å². The Morgan fingerprint density at radius 3 is 2.77 bits per heavy atom. The van der Waals surface area contributed by atoms with E-state index in [1.165, 1.54) is 5.69 Å². The number of pyridine rings is 1. The zero-order valence-corrected chi connectivity index (χ0v) is 16.4. The Balaban J connectivity index is 1.95. The minimum Gasteiger partial charge on any atom is -0.383 e. The predicted octanol–water partition coefficient (Wildman–Crippen LogP) is 2.06. The molecule has 1 saturated heterocycles. The van der Waals surface area contributed by atoms with Gasteiger partial charge in [-0.05, 0) is 50.6 Å². The maximum atomic E-state index is 5.69. The highest BCUT2D eigenvalue weighted by molar-refractivity contribution is 7.80. The molecule has 1 aliphatic heterocycles. The largest absolute Gasteiger partial charge is 0.383 e. The first-order chi connectivity index (χ1) is 12.6. The molecule has 0 amide bonds. The molecule has 0 aliphatic carbocycles. The number of aromatic nitrogens is 2. The van der Waals surface area contributed by atoms with Crippen molar-refractivity contribution < 1.29 is 4.74 Å². The van der Waals surface area contributed by atoms with Gasteiger partial charge in [0.1, 0.15) is 0 Å². The minimum absolute atomic E-state index is 0.0297. The van der Waals surface area contributed by atoms with Crippen LogP contribution in [0.3, 0.4) is 0 Å². The van der Waals surface area contributed by atoms with Crippen molar-refractivity contribution in [3.63, 3.8) is 0 Å². The molecule has 2 atom stereocenters. The summed E-state index contributed by atoms with van der Waals surface area (Å²) in [5.74, 6) is 0. The standard InChI is InChI=1S/C19H27N5OS/c1-22(2)11-12-24-18(16-8-6-10-23(16)13-14-25-3)17(21-19(24)26)15-7-4-5-9-20-15/h4-10,17-18H,11-14H2,1-3H3,(H,21,26)/t17-,18+/m0/s1. The third kappa shape index (κ3) is 4.06. The average Bonchev–Trinajstić information content (AvgIpc) is 3.22. The molecule has 0 bridgehead atoms. The van der Waals surface area contributed by atoms with Crippen LogP contribution in [0.25, 0.3) is 0 Å². The van der Waals surface area contributed by atoms with Gasteiger partial charge in [-0.1, -0.05) is 6.07 Å². The van der Waals surface area contributed by atoms with Gasteiger partial charge in [-0.3, -0.25) is 4.98 Å². The van der Waals surface area contributed by atoms with E-state index in [0.717, 1.165) is 30.4 Å². The van der Waals surface area contributed by atoms with Gasteiger partial charge in [-0.25, -0.2) is 0 Å². The molecule has 1 N–H and O–H groups in total. The molecule has 0 saturated carbocycles. The number of hydrogen-bond donors (Lipinski definition) is 1. The first kappa shape index (κ1) is 18.8. The second-order valence-electron chi connectivity index (χ2n) is 6.74. The molecular weight excluding hydrogens is 346 g/mol. The number of likely N-dealkylation sites (N-methyl/N-ethyl adjacent to an activating group) is 1. The van der Waals surface area contributed by atoms with E-state index < -0.39 is 0 Å². The number of nitrogens with zero attached hydrogens (tertiary/aromatic N) is 4. The molecule has 3 rings (SSSR count). The van der Waals surface area contributed by atoms with Gasteiger partial charge >= 0.3 is 0 Å². The number of methoxy groups -OCH3 is 1. The van der Waals surface area contributed by atoms with Crippen LogP contribution in [0.1, 0.15) is 23.5 Å². The average molecular weight is 374 g/mol. The van der Waals surface area contributed by atoms with Crippen molar-refractivity contribution >= 4 is 17.3 Å². The molecule has 0 aromatic carbocycles. The van der Waals surface area contributed by atoms with E-state index in [1.54, 1.807) is 7.11 Å². The molecular formula is C19H27N5OS. The third-order valence-corrected chi connectivity index (χ3v) is 5.04. The molecule has 0 radical (unpaired) electrons. The van der Waals surface area contributed by atoms with Crippen LogP contribution in [0.2, 0.25) is 0 Å². The number of thiocarbonyl (C=S) groups is 1. The Morgan fingerprint density at radius 2 is 2.08 bits per heavy atom. The fourth-order valence-corrected chi connectivity index (χ4v) is 3.70. The molecule has 6 nitrogen and oxygen atoms in total. The van der Waals surface area contributed by atoms with E-state index >= 15 is 0 Å². The summed E-state index contributed by atoms with van der Waals surface area (Å²) in [6.45, 7) is 3.30. The van der Waals surface area contributed by atoms with Crippen molar-refractivity contribution in [1.82, 2.24) is 24.7 Å². The zero-order valence-electron chi connectivity index (χ0n) is 15.6. The highest BCUT2D eigenvalue weighted by Gasteiger charge is 2.40. The van der Waals surface area contributed by atoms with Gasteiger partial charge in [0.05, 0.1) is 24.4 Å². The lowest BCUT2D eigenvalue weighted by Gasteiger charge is -2.29. The Morgan fingerprint density at radius 1 is 1.23 bits per heavy atom. The van der Waals surface area contributed by atoms with E-state index in [2.05, 4.69) is 63.2 Å². The fraction of sp³-hybridized carbons (Fsp3) is 0.474. The quantitative estimate of drug-likeness (QED) is 0.715. The van der Waals surface area contributed by atoms with Gasteiger partial charge in [0.25, 0.3) is 0 Å². The summed E-state index contributed by atoms with van der Waals surface area (Å²) in [5.41, 5.74) is 2.23. The van der Waals surface area contributed by atoms with Crippen molar-refractivity contribution in [2.75, 3.05) is 40.9 Å². The SMILES string of the molecule is COCCn1cccc1[C@@H]1[C@H](c2ccccn2)NC(=S)N1CCN(C)C.